The third kappa shape index (κ3) is 4.19. The second-order valence-electron chi connectivity index (χ2n) is 3.12. The monoisotopic (exact) mass is 245 g/mol. The highest BCUT2D eigenvalue weighted by Gasteiger charge is 2.17. The van der Waals surface area contributed by atoms with Gasteiger partial charge in [-0.2, -0.15) is 0 Å². The van der Waals surface area contributed by atoms with E-state index in [1.165, 1.54) is 11.8 Å². The Balaban J connectivity index is 2.30. The van der Waals surface area contributed by atoms with Gasteiger partial charge in [-0.15, -0.1) is 5.10 Å². The zero-order valence-electron chi connectivity index (χ0n) is 9.27. The number of aliphatic carboxylic acids is 1. The first-order valence-electron chi connectivity index (χ1n) is 4.99. The fraction of sp³-hybridized carbons (Fsp3) is 0.667. The average molecular weight is 245 g/mol. The fourth-order valence-corrected chi connectivity index (χ4v) is 1.95. The number of aromatic amines is 1. The van der Waals surface area contributed by atoms with Gasteiger partial charge in [-0.1, -0.05) is 11.8 Å². The molecule has 0 aliphatic rings. The van der Waals surface area contributed by atoms with E-state index in [1.54, 1.807) is 6.92 Å². The van der Waals surface area contributed by atoms with Crippen LogP contribution in [0.2, 0.25) is 0 Å². The summed E-state index contributed by atoms with van der Waals surface area (Å²) in [5.74, 6) is 0.449. The summed E-state index contributed by atoms with van der Waals surface area (Å²) in [6.45, 7) is 4.00. The van der Waals surface area contributed by atoms with Gasteiger partial charge in [-0.3, -0.25) is 5.10 Å². The predicted molar refractivity (Wildman–Crippen MR) is 59.5 cm³/mol. The van der Waals surface area contributed by atoms with Crippen LogP contribution < -0.4 is 0 Å². The molecule has 0 spiro atoms. The van der Waals surface area contributed by atoms with E-state index in [9.17, 15) is 4.79 Å². The average Bonchev–Trinajstić information content (AvgIpc) is 2.63. The summed E-state index contributed by atoms with van der Waals surface area (Å²) in [5.41, 5.74) is 0. The van der Waals surface area contributed by atoms with E-state index < -0.39 is 12.1 Å². The molecule has 1 heterocycles. The van der Waals surface area contributed by atoms with Crippen molar-refractivity contribution in [2.45, 2.75) is 31.5 Å². The van der Waals surface area contributed by atoms with Crippen molar-refractivity contribution in [2.75, 3.05) is 12.4 Å². The summed E-state index contributed by atoms with van der Waals surface area (Å²) in [7, 11) is 0. The highest BCUT2D eigenvalue weighted by molar-refractivity contribution is 7.99. The number of nitrogens with zero attached hydrogens (tertiary/aromatic N) is 2. The van der Waals surface area contributed by atoms with Crippen LogP contribution in [0.1, 0.15) is 19.2 Å². The first kappa shape index (κ1) is 13.0. The third-order valence-corrected chi connectivity index (χ3v) is 2.71. The summed E-state index contributed by atoms with van der Waals surface area (Å²) in [4.78, 5) is 14.9. The number of carbonyl (C=O) groups is 1. The van der Waals surface area contributed by atoms with Crippen LogP contribution in [0.4, 0.5) is 0 Å². The summed E-state index contributed by atoms with van der Waals surface area (Å²) >= 11 is 1.42. The topological polar surface area (TPSA) is 88.1 Å². The summed E-state index contributed by atoms with van der Waals surface area (Å²) in [6.07, 6.45) is -0.293. The van der Waals surface area contributed by atoms with Gasteiger partial charge in [0.1, 0.15) is 5.82 Å². The van der Waals surface area contributed by atoms with Crippen molar-refractivity contribution in [2.24, 2.45) is 0 Å². The van der Waals surface area contributed by atoms with Gasteiger partial charge in [0.2, 0.25) is 5.16 Å². The van der Waals surface area contributed by atoms with Crippen molar-refractivity contribution < 1.29 is 14.6 Å². The Bertz CT molecular complexity index is 342. The quantitative estimate of drug-likeness (QED) is 0.699. The van der Waals surface area contributed by atoms with Crippen LogP contribution in [0.3, 0.4) is 0 Å². The number of H-pyrrole nitrogens is 1. The molecule has 1 aromatic rings. The number of aryl methyl sites for hydroxylation is 1. The lowest BCUT2D eigenvalue weighted by atomic mass is 10.3. The number of thioether (sulfide) groups is 1. The Hall–Kier alpha value is -1.08. The van der Waals surface area contributed by atoms with Crippen LogP contribution in [0.5, 0.6) is 0 Å². The Morgan fingerprint density at radius 3 is 2.94 bits per heavy atom. The molecular formula is C9H15N3O3S. The van der Waals surface area contributed by atoms with Crippen LogP contribution in [-0.4, -0.2) is 44.7 Å². The second-order valence-corrected chi connectivity index (χ2v) is 4.18. The SMILES string of the molecule is CCOC(CCSc1n[nH]c(C)n1)C(=O)O. The first-order valence-corrected chi connectivity index (χ1v) is 5.98. The van der Waals surface area contributed by atoms with Gasteiger partial charge in [-0.25, -0.2) is 9.78 Å². The Kier molecular flexibility index (Phi) is 5.27. The maximum atomic E-state index is 10.8. The molecular weight excluding hydrogens is 230 g/mol. The van der Waals surface area contributed by atoms with Crippen molar-refractivity contribution in [3.05, 3.63) is 5.82 Å². The molecule has 1 atom stereocenters. The van der Waals surface area contributed by atoms with Crippen molar-refractivity contribution in [3.8, 4) is 0 Å². The zero-order chi connectivity index (χ0) is 12.0. The van der Waals surface area contributed by atoms with Crippen molar-refractivity contribution in [1.29, 1.82) is 0 Å². The normalized spacial score (nSPS) is 12.6. The molecule has 90 valence electrons. The zero-order valence-corrected chi connectivity index (χ0v) is 10.1. The Morgan fingerprint density at radius 2 is 2.44 bits per heavy atom. The largest absolute Gasteiger partial charge is 0.479 e. The van der Waals surface area contributed by atoms with Crippen LogP contribution in [-0.2, 0) is 9.53 Å². The lowest BCUT2D eigenvalue weighted by Crippen LogP contribution is -2.24. The van der Waals surface area contributed by atoms with Gasteiger partial charge in [0.05, 0.1) is 0 Å². The third-order valence-electron chi connectivity index (χ3n) is 1.83. The van der Waals surface area contributed by atoms with Gasteiger partial charge in [0, 0.05) is 12.4 Å². The molecule has 0 radical (unpaired) electrons. The van der Waals surface area contributed by atoms with Crippen LogP contribution in [0, 0.1) is 6.92 Å². The van der Waals surface area contributed by atoms with E-state index in [0.717, 1.165) is 5.82 Å². The van der Waals surface area contributed by atoms with Crippen molar-refractivity contribution >= 4 is 17.7 Å². The number of hydrogen-bond donors (Lipinski definition) is 2. The van der Waals surface area contributed by atoms with E-state index >= 15 is 0 Å². The predicted octanol–water partition coefficient (Wildman–Crippen LogP) is 1.09. The van der Waals surface area contributed by atoms with Crippen molar-refractivity contribution in [3.63, 3.8) is 0 Å². The van der Waals surface area contributed by atoms with Crippen LogP contribution >= 0.6 is 11.8 Å². The van der Waals surface area contributed by atoms with Crippen LogP contribution in [0.25, 0.3) is 0 Å². The molecule has 0 aliphatic heterocycles. The van der Waals surface area contributed by atoms with E-state index in [2.05, 4.69) is 15.2 Å². The number of nitrogens with one attached hydrogen (secondary N) is 1. The summed E-state index contributed by atoms with van der Waals surface area (Å²) in [5, 5.41) is 16.1. The molecule has 0 fully saturated rings. The number of rotatable bonds is 7. The lowest BCUT2D eigenvalue weighted by molar-refractivity contribution is -0.150. The van der Waals surface area contributed by atoms with E-state index in [0.29, 0.717) is 23.9 Å². The number of carboxylic acids is 1. The molecule has 0 aromatic carbocycles. The Morgan fingerprint density at radius 1 is 1.69 bits per heavy atom. The molecule has 16 heavy (non-hydrogen) atoms. The smallest absolute Gasteiger partial charge is 0.332 e. The molecule has 0 aliphatic carbocycles. The number of aromatic nitrogens is 3. The molecule has 1 rings (SSSR count). The second kappa shape index (κ2) is 6.49. The minimum absolute atomic E-state index is 0.404. The molecule has 0 bridgehead atoms. The van der Waals surface area contributed by atoms with E-state index in [4.69, 9.17) is 9.84 Å². The maximum Gasteiger partial charge on any atom is 0.332 e. The highest BCUT2D eigenvalue weighted by atomic mass is 32.2. The van der Waals surface area contributed by atoms with Gasteiger partial charge in [-0.05, 0) is 20.3 Å². The van der Waals surface area contributed by atoms with Gasteiger partial charge in [0.25, 0.3) is 0 Å². The number of carboxylic acid groups (broad SMARTS) is 1. The molecule has 0 saturated carbocycles. The molecule has 2 N–H and O–H groups in total. The van der Waals surface area contributed by atoms with Gasteiger partial charge < -0.3 is 9.84 Å². The standard InChI is InChI=1S/C9H15N3O3S/c1-3-15-7(8(13)14)4-5-16-9-10-6(2)11-12-9/h7H,3-5H2,1-2H3,(H,13,14)(H,10,11,12). The minimum Gasteiger partial charge on any atom is -0.479 e. The van der Waals surface area contributed by atoms with Gasteiger partial charge >= 0.3 is 5.97 Å². The fourth-order valence-electron chi connectivity index (χ4n) is 1.12. The van der Waals surface area contributed by atoms with Crippen LogP contribution in [0.15, 0.2) is 5.16 Å². The molecule has 7 heteroatoms. The molecule has 1 unspecified atom stereocenters. The highest BCUT2D eigenvalue weighted by Crippen LogP contribution is 2.15. The maximum absolute atomic E-state index is 10.8. The summed E-state index contributed by atoms with van der Waals surface area (Å²) in [6, 6.07) is 0. The van der Waals surface area contributed by atoms with E-state index in [1.807, 2.05) is 6.92 Å². The van der Waals surface area contributed by atoms with Gasteiger partial charge in [0.15, 0.2) is 6.10 Å². The summed E-state index contributed by atoms with van der Waals surface area (Å²) < 4.78 is 5.09. The first-order chi connectivity index (χ1) is 7.63. The van der Waals surface area contributed by atoms with Crippen molar-refractivity contribution in [1.82, 2.24) is 15.2 Å². The molecule has 0 saturated heterocycles. The Labute approximate surface area is 97.8 Å². The lowest BCUT2D eigenvalue weighted by Gasteiger charge is -2.10. The molecule has 0 amide bonds. The minimum atomic E-state index is -0.923. The number of hydrogen-bond acceptors (Lipinski definition) is 5. The number of ether oxygens (including phenoxy) is 1. The van der Waals surface area contributed by atoms with E-state index in [-0.39, 0.29) is 0 Å². The molecule has 1 aromatic heterocycles. The molecule has 6 nitrogen and oxygen atoms in total.